The quantitative estimate of drug-likeness (QED) is 0.0731. The number of aliphatic hydroxyl groups excluding tert-OH is 10. The van der Waals surface area contributed by atoms with Gasteiger partial charge in [-0.1, -0.05) is 46.3 Å². The van der Waals surface area contributed by atoms with Crippen molar-refractivity contribution in [2.45, 2.75) is 204 Å². The van der Waals surface area contributed by atoms with Gasteiger partial charge in [0.1, 0.15) is 61.0 Å². The first-order valence-electron chi connectivity index (χ1n) is 24.5. The molecule has 7 fully saturated rings. The van der Waals surface area contributed by atoms with Crippen molar-refractivity contribution in [2.75, 3.05) is 13.2 Å². The van der Waals surface area contributed by atoms with E-state index in [-0.39, 0.29) is 46.0 Å². The van der Waals surface area contributed by atoms with Gasteiger partial charge < -0.3 is 89.7 Å². The summed E-state index contributed by atoms with van der Waals surface area (Å²) in [5.74, 6) is -3.97. The highest BCUT2D eigenvalue weighted by Gasteiger charge is 2.70. The van der Waals surface area contributed by atoms with Crippen LogP contribution in [0.2, 0.25) is 0 Å². The topological polar surface area (TPSA) is 349 Å². The zero-order chi connectivity index (χ0) is 50.7. The third-order valence-electron chi connectivity index (χ3n) is 19.7. The van der Waals surface area contributed by atoms with Crippen molar-refractivity contribution >= 4 is 17.9 Å². The van der Waals surface area contributed by atoms with Crippen LogP contribution in [0.15, 0.2) is 11.6 Å². The van der Waals surface area contributed by atoms with E-state index in [9.17, 15) is 75.7 Å². The SMILES string of the molecule is C[C@@]1(C(=O)O[C@@H]2O[C@H](CO)[C@@H](O)[C@H](O)[C@H]2O)CC[C@]2(C)CC[C@]3(C)C(=CC[C@@H]4[C@@]5(C)CC[C@H](O[C@@H]6O[C@H](C(=O)O)[C@@H](O)[C@H](O)[C@H]6O[C@@H]6O[C@H](C(=O)O)[C@@H](O)[C@H](O)[C@H]6O)[C@](C)(CO)[C@@H]5CC[C@]43C)[C@@H]2C1. The van der Waals surface area contributed by atoms with E-state index in [1.807, 2.05) is 13.8 Å². The number of carboxylic acids is 2. The highest BCUT2D eigenvalue weighted by atomic mass is 16.8. The van der Waals surface area contributed by atoms with Gasteiger partial charge in [-0.2, -0.15) is 0 Å². The normalized spacial score (nSPS) is 54.1. The number of carbonyl (C=O) groups is 3. The van der Waals surface area contributed by atoms with Crippen molar-refractivity contribution in [3.8, 4) is 0 Å². The minimum absolute atomic E-state index is 0.00474. The second-order valence-corrected chi connectivity index (χ2v) is 23.3. The van der Waals surface area contributed by atoms with Crippen molar-refractivity contribution in [3.05, 3.63) is 11.6 Å². The summed E-state index contributed by atoms with van der Waals surface area (Å²) in [6.45, 7) is 12.0. The van der Waals surface area contributed by atoms with Gasteiger partial charge in [-0.3, -0.25) is 4.79 Å². The van der Waals surface area contributed by atoms with Crippen LogP contribution < -0.4 is 0 Å². The lowest BCUT2D eigenvalue weighted by Gasteiger charge is -2.71. The molecule has 4 saturated carbocycles. The molecule has 0 bridgehead atoms. The van der Waals surface area contributed by atoms with Crippen LogP contribution in [0.4, 0.5) is 0 Å². The van der Waals surface area contributed by atoms with Gasteiger partial charge in [0.2, 0.25) is 6.29 Å². The predicted octanol–water partition coefficient (Wildman–Crippen LogP) is -0.702. The molecular formula is C48H74O21. The number of ether oxygens (including phenoxy) is 6. The molecule has 21 heteroatoms. The number of carbonyl (C=O) groups excluding carboxylic acids is 1. The number of allylic oxidation sites excluding steroid dienone is 2. The molecule has 3 aliphatic heterocycles. The van der Waals surface area contributed by atoms with Crippen LogP contribution in [0.1, 0.15) is 106 Å². The molecule has 3 heterocycles. The number of fused-ring (bicyclic) bond motifs is 7. The molecule has 0 aromatic rings. The molecule has 0 amide bonds. The second kappa shape index (κ2) is 18.5. The minimum Gasteiger partial charge on any atom is -0.479 e. The maximum Gasteiger partial charge on any atom is 0.335 e. The molecule has 8 rings (SSSR count). The molecule has 12 N–H and O–H groups in total. The summed E-state index contributed by atoms with van der Waals surface area (Å²) < 4.78 is 34.8. The first-order valence-corrected chi connectivity index (χ1v) is 24.5. The van der Waals surface area contributed by atoms with Crippen LogP contribution in [-0.2, 0) is 42.8 Å². The molecule has 0 aromatic carbocycles. The van der Waals surface area contributed by atoms with Crippen molar-refractivity contribution < 1.29 is 104 Å². The van der Waals surface area contributed by atoms with Crippen molar-refractivity contribution in [3.63, 3.8) is 0 Å². The van der Waals surface area contributed by atoms with Crippen LogP contribution in [0, 0.1) is 50.2 Å². The highest BCUT2D eigenvalue weighted by molar-refractivity contribution is 5.77. The van der Waals surface area contributed by atoms with E-state index in [1.165, 1.54) is 5.57 Å². The van der Waals surface area contributed by atoms with Gasteiger partial charge in [0.15, 0.2) is 24.8 Å². The van der Waals surface area contributed by atoms with Crippen molar-refractivity contribution in [2.24, 2.45) is 50.2 Å². The smallest absolute Gasteiger partial charge is 0.335 e. The van der Waals surface area contributed by atoms with E-state index in [0.717, 1.165) is 25.7 Å². The van der Waals surface area contributed by atoms with E-state index < -0.39 is 134 Å². The maximum atomic E-state index is 14.1. The van der Waals surface area contributed by atoms with Crippen LogP contribution >= 0.6 is 0 Å². The monoisotopic (exact) mass is 986 g/mol. The standard InChI is InChI=1S/C48H74O21/c1-43-13-14-44(2,42(63)69-39-32(57)27(52)26(51)22(18-49)64-39)17-21(43)20-7-8-24-45(3)11-10-25(46(4,19-50)23(45)9-12-48(24,6)47(20,5)16-15-43)65-41-36(31(56)30(55)35(67-41)38(61)62)68-40-33(58)28(53)29(54)34(66-40)37(59)60/h7,21-36,39-41,49-58H,8-19H2,1-6H3,(H,59,60)(H,61,62)/t21-,22+,23+,24+,25-,26+,27-,28-,29-,30-,31-,32+,33+,34-,35-,36+,39-,40-,41+,43+,44+,45-,46+,47+,48+/m0/s1. The summed E-state index contributed by atoms with van der Waals surface area (Å²) in [5.41, 5.74) is -1.71. The zero-order valence-corrected chi connectivity index (χ0v) is 40.1. The van der Waals surface area contributed by atoms with Gasteiger partial charge in [0.25, 0.3) is 0 Å². The Morgan fingerprint density at radius 1 is 0.638 bits per heavy atom. The van der Waals surface area contributed by atoms with E-state index in [1.54, 1.807) is 0 Å². The molecular weight excluding hydrogens is 913 g/mol. The number of hydrogen-bond donors (Lipinski definition) is 12. The summed E-state index contributed by atoms with van der Waals surface area (Å²) in [6.07, 6.45) is -19.7. The van der Waals surface area contributed by atoms with Gasteiger partial charge in [0, 0.05) is 5.41 Å². The maximum absolute atomic E-state index is 14.1. The van der Waals surface area contributed by atoms with Crippen LogP contribution in [0.3, 0.4) is 0 Å². The Bertz CT molecular complexity index is 1990. The Labute approximate surface area is 400 Å². The molecule has 0 radical (unpaired) electrons. The first kappa shape index (κ1) is 52.9. The Morgan fingerprint density at radius 3 is 1.86 bits per heavy atom. The van der Waals surface area contributed by atoms with Crippen LogP contribution in [0.25, 0.3) is 0 Å². The largest absolute Gasteiger partial charge is 0.479 e. The molecule has 5 aliphatic carbocycles. The van der Waals surface area contributed by atoms with Gasteiger partial charge in [0.05, 0.1) is 24.7 Å². The number of rotatable bonds is 10. The molecule has 8 aliphatic rings. The molecule has 25 atom stereocenters. The van der Waals surface area contributed by atoms with Gasteiger partial charge in [-0.25, -0.2) is 9.59 Å². The van der Waals surface area contributed by atoms with Gasteiger partial charge in [-0.15, -0.1) is 0 Å². The van der Waals surface area contributed by atoms with Crippen molar-refractivity contribution in [1.82, 2.24) is 0 Å². The number of carboxylic acid groups (broad SMARTS) is 2. The molecule has 0 aromatic heterocycles. The average Bonchev–Trinajstić information content (AvgIpc) is 3.30. The fourth-order valence-electron chi connectivity index (χ4n) is 15.0. The number of aliphatic hydroxyl groups is 10. The van der Waals surface area contributed by atoms with Gasteiger partial charge >= 0.3 is 17.9 Å². The molecule has 392 valence electrons. The second-order valence-electron chi connectivity index (χ2n) is 23.3. The average molecular weight is 987 g/mol. The Balaban J connectivity index is 1.04. The van der Waals surface area contributed by atoms with Gasteiger partial charge in [-0.05, 0) is 111 Å². The Kier molecular flexibility index (Phi) is 14.2. The lowest BCUT2D eigenvalue weighted by molar-refractivity contribution is -0.372. The lowest BCUT2D eigenvalue weighted by atomic mass is 9.33. The Hall–Kier alpha value is -2.45. The van der Waals surface area contributed by atoms with E-state index >= 15 is 0 Å². The minimum atomic E-state index is -2.09. The molecule has 3 saturated heterocycles. The molecule has 0 unspecified atom stereocenters. The zero-order valence-electron chi connectivity index (χ0n) is 40.1. The number of aliphatic carboxylic acids is 2. The summed E-state index contributed by atoms with van der Waals surface area (Å²) >= 11 is 0. The Morgan fingerprint density at radius 2 is 1.23 bits per heavy atom. The van der Waals surface area contributed by atoms with Crippen LogP contribution in [-0.4, -0.2) is 191 Å². The third-order valence-corrected chi connectivity index (χ3v) is 19.7. The summed E-state index contributed by atoms with van der Waals surface area (Å²) in [5, 5.41) is 126. The van der Waals surface area contributed by atoms with E-state index in [2.05, 4.69) is 33.8 Å². The number of hydrogen-bond acceptors (Lipinski definition) is 19. The van der Waals surface area contributed by atoms with Crippen molar-refractivity contribution in [1.29, 1.82) is 0 Å². The molecule has 0 spiro atoms. The number of esters is 1. The molecule has 21 nitrogen and oxygen atoms in total. The highest BCUT2D eigenvalue weighted by Crippen LogP contribution is 2.76. The third kappa shape index (κ3) is 8.21. The van der Waals surface area contributed by atoms with E-state index in [4.69, 9.17) is 28.4 Å². The fraction of sp³-hybridized carbons (Fsp3) is 0.896. The van der Waals surface area contributed by atoms with E-state index in [0.29, 0.717) is 38.5 Å². The summed E-state index contributed by atoms with van der Waals surface area (Å²) in [4.78, 5) is 38.3. The predicted molar refractivity (Wildman–Crippen MR) is 233 cm³/mol. The fourth-order valence-corrected chi connectivity index (χ4v) is 15.0. The lowest BCUT2D eigenvalue weighted by Crippen LogP contribution is -2.68. The van der Waals surface area contributed by atoms with Crippen LogP contribution in [0.5, 0.6) is 0 Å². The first-order chi connectivity index (χ1) is 32.2. The summed E-state index contributed by atoms with van der Waals surface area (Å²) in [7, 11) is 0. The summed E-state index contributed by atoms with van der Waals surface area (Å²) in [6, 6.07) is 0. The molecule has 69 heavy (non-hydrogen) atoms.